The quantitative estimate of drug-likeness (QED) is 0.554. The smallest absolute Gasteiger partial charge is 0.357 e. The van der Waals surface area contributed by atoms with Crippen LogP contribution in [0.4, 0.5) is 10.8 Å². The number of carbonyl (C=O) groups is 2. The summed E-state index contributed by atoms with van der Waals surface area (Å²) in [6.07, 6.45) is 0. The molecule has 1 aromatic heterocycles. The largest absolute Gasteiger partial charge is 0.461 e. The minimum absolute atomic E-state index is 0.0780. The third-order valence-electron chi connectivity index (χ3n) is 3.68. The van der Waals surface area contributed by atoms with Crippen LogP contribution in [0.3, 0.4) is 0 Å². The molecule has 0 aliphatic rings. The number of nitrogens with zero attached hydrogens (tertiary/aromatic N) is 1. The molecule has 0 fully saturated rings. The Balaban J connectivity index is 1.80. The zero-order valence-electron chi connectivity index (χ0n) is 15.3. The third-order valence-corrected chi connectivity index (χ3v) is 5.82. The van der Waals surface area contributed by atoms with Gasteiger partial charge in [-0.05, 0) is 31.2 Å². The number of anilines is 2. The minimum atomic E-state index is -3.86. The summed E-state index contributed by atoms with van der Waals surface area (Å²) < 4.78 is 32.4. The van der Waals surface area contributed by atoms with E-state index in [-0.39, 0.29) is 33.6 Å². The first-order valence-electron chi connectivity index (χ1n) is 8.51. The number of hydrogen-bond donors (Lipinski definition) is 2. The van der Waals surface area contributed by atoms with Crippen LogP contribution >= 0.6 is 11.3 Å². The van der Waals surface area contributed by atoms with Crippen LogP contribution in [0, 0.1) is 0 Å². The number of esters is 1. The molecule has 0 bridgehead atoms. The molecular weight excluding hydrogens is 414 g/mol. The summed E-state index contributed by atoms with van der Waals surface area (Å²) in [5.74, 6) is -1.15. The van der Waals surface area contributed by atoms with E-state index in [2.05, 4.69) is 15.0 Å². The van der Waals surface area contributed by atoms with Gasteiger partial charge in [0.1, 0.15) is 0 Å². The van der Waals surface area contributed by atoms with Crippen LogP contribution in [-0.2, 0) is 14.8 Å². The van der Waals surface area contributed by atoms with Crippen LogP contribution in [-0.4, -0.2) is 31.9 Å². The molecule has 3 rings (SSSR count). The molecule has 1 heterocycles. The SMILES string of the molecule is CCOC(=O)c1csc(NC(=O)c2ccccc2NS(=O)(=O)c2ccccc2)n1. The van der Waals surface area contributed by atoms with Crippen LogP contribution < -0.4 is 10.0 Å². The molecule has 0 unspecified atom stereocenters. The van der Waals surface area contributed by atoms with Crippen LogP contribution in [0.1, 0.15) is 27.8 Å². The summed E-state index contributed by atoms with van der Waals surface area (Å²) in [7, 11) is -3.86. The second-order valence-corrected chi connectivity index (χ2v) is 8.22. The highest BCUT2D eigenvalue weighted by Gasteiger charge is 2.20. The third kappa shape index (κ3) is 4.98. The molecule has 0 saturated carbocycles. The van der Waals surface area contributed by atoms with Gasteiger partial charge in [0, 0.05) is 5.38 Å². The Bertz CT molecular complexity index is 1130. The lowest BCUT2D eigenvalue weighted by Gasteiger charge is -2.12. The van der Waals surface area contributed by atoms with E-state index in [0.717, 1.165) is 11.3 Å². The lowest BCUT2D eigenvalue weighted by atomic mass is 10.2. The van der Waals surface area contributed by atoms with Gasteiger partial charge in [-0.3, -0.25) is 14.8 Å². The number of amides is 1. The summed E-state index contributed by atoms with van der Waals surface area (Å²) >= 11 is 1.06. The van der Waals surface area contributed by atoms with Gasteiger partial charge >= 0.3 is 5.97 Å². The Kier molecular flexibility index (Phi) is 6.25. The first-order chi connectivity index (χ1) is 13.9. The highest BCUT2D eigenvalue weighted by atomic mass is 32.2. The average molecular weight is 431 g/mol. The number of nitrogens with one attached hydrogen (secondary N) is 2. The summed E-state index contributed by atoms with van der Waals surface area (Å²) in [6.45, 7) is 1.90. The number of hydrogen-bond acceptors (Lipinski definition) is 7. The van der Waals surface area contributed by atoms with Crippen LogP contribution in [0.25, 0.3) is 0 Å². The van der Waals surface area contributed by atoms with E-state index in [1.807, 2.05) is 0 Å². The number of carbonyl (C=O) groups excluding carboxylic acids is 2. The van der Waals surface area contributed by atoms with Crippen molar-refractivity contribution in [1.29, 1.82) is 0 Å². The molecule has 150 valence electrons. The number of rotatable bonds is 7. The molecule has 0 atom stereocenters. The number of aromatic nitrogens is 1. The van der Waals surface area contributed by atoms with E-state index in [0.29, 0.717) is 0 Å². The van der Waals surface area contributed by atoms with E-state index in [4.69, 9.17) is 4.74 Å². The van der Waals surface area contributed by atoms with Crippen molar-refractivity contribution >= 4 is 44.1 Å². The number of thiazole rings is 1. The standard InChI is InChI=1S/C19H17N3O5S2/c1-2-27-18(24)16-12-28-19(20-16)21-17(23)14-10-6-7-11-15(14)22-29(25,26)13-8-4-3-5-9-13/h3-12,22H,2H2,1H3,(H,20,21,23). The Hall–Kier alpha value is -3.24. The molecule has 29 heavy (non-hydrogen) atoms. The van der Waals surface area contributed by atoms with Gasteiger partial charge in [-0.15, -0.1) is 11.3 Å². The average Bonchev–Trinajstić information content (AvgIpc) is 3.17. The van der Waals surface area contributed by atoms with E-state index in [1.165, 1.54) is 29.6 Å². The highest BCUT2D eigenvalue weighted by molar-refractivity contribution is 7.92. The second kappa shape index (κ2) is 8.84. The van der Waals surface area contributed by atoms with Crippen molar-refractivity contribution in [3.63, 3.8) is 0 Å². The van der Waals surface area contributed by atoms with Crippen LogP contribution in [0.5, 0.6) is 0 Å². The van der Waals surface area contributed by atoms with E-state index < -0.39 is 21.9 Å². The Morgan fingerprint density at radius 3 is 2.48 bits per heavy atom. The first kappa shape index (κ1) is 20.5. The molecule has 0 aliphatic heterocycles. The highest BCUT2D eigenvalue weighted by Crippen LogP contribution is 2.23. The van der Waals surface area contributed by atoms with Gasteiger partial charge in [-0.25, -0.2) is 18.2 Å². The summed E-state index contributed by atoms with van der Waals surface area (Å²) in [4.78, 5) is 28.5. The Morgan fingerprint density at radius 2 is 1.76 bits per heavy atom. The fourth-order valence-electron chi connectivity index (χ4n) is 2.37. The van der Waals surface area contributed by atoms with Gasteiger partial charge in [-0.1, -0.05) is 30.3 Å². The van der Waals surface area contributed by atoms with Crippen molar-refractivity contribution in [3.8, 4) is 0 Å². The van der Waals surface area contributed by atoms with Gasteiger partial charge in [0.05, 0.1) is 22.8 Å². The maximum atomic E-state index is 12.7. The van der Waals surface area contributed by atoms with Crippen molar-refractivity contribution in [2.75, 3.05) is 16.6 Å². The van der Waals surface area contributed by atoms with Gasteiger partial charge in [0.25, 0.3) is 15.9 Å². The van der Waals surface area contributed by atoms with Crippen molar-refractivity contribution in [2.24, 2.45) is 0 Å². The first-order valence-corrected chi connectivity index (χ1v) is 10.9. The molecule has 0 spiro atoms. The molecule has 1 amide bonds. The van der Waals surface area contributed by atoms with Crippen molar-refractivity contribution < 1.29 is 22.7 Å². The molecule has 0 saturated heterocycles. The summed E-state index contributed by atoms with van der Waals surface area (Å²) in [5, 5.41) is 4.23. The molecule has 2 aromatic carbocycles. The van der Waals surface area contributed by atoms with Gasteiger partial charge in [0.2, 0.25) is 0 Å². The van der Waals surface area contributed by atoms with Crippen molar-refractivity contribution in [3.05, 3.63) is 71.2 Å². The summed E-state index contributed by atoms with van der Waals surface area (Å²) in [6, 6.07) is 14.0. The zero-order valence-corrected chi connectivity index (χ0v) is 16.9. The van der Waals surface area contributed by atoms with Gasteiger partial charge < -0.3 is 4.74 Å². The molecular formula is C19H17N3O5S2. The fourth-order valence-corrected chi connectivity index (χ4v) is 4.14. The maximum absolute atomic E-state index is 12.7. The summed E-state index contributed by atoms with van der Waals surface area (Å²) in [5.41, 5.74) is 0.320. The van der Waals surface area contributed by atoms with E-state index >= 15 is 0 Å². The lowest BCUT2D eigenvalue weighted by Crippen LogP contribution is -2.18. The molecule has 2 N–H and O–H groups in total. The number of benzene rings is 2. The Morgan fingerprint density at radius 1 is 1.07 bits per heavy atom. The number of ether oxygens (including phenoxy) is 1. The normalized spacial score (nSPS) is 10.9. The monoisotopic (exact) mass is 431 g/mol. The molecule has 8 nitrogen and oxygen atoms in total. The van der Waals surface area contributed by atoms with Crippen LogP contribution in [0.2, 0.25) is 0 Å². The Labute approximate surface area is 171 Å². The molecule has 3 aromatic rings. The maximum Gasteiger partial charge on any atom is 0.357 e. The van der Waals surface area contributed by atoms with E-state index in [1.54, 1.807) is 37.3 Å². The van der Waals surface area contributed by atoms with Gasteiger partial charge in [-0.2, -0.15) is 0 Å². The molecule has 10 heteroatoms. The topological polar surface area (TPSA) is 114 Å². The van der Waals surface area contributed by atoms with Crippen LogP contribution in [0.15, 0.2) is 64.9 Å². The lowest BCUT2D eigenvalue weighted by molar-refractivity contribution is 0.0520. The fraction of sp³-hybridized carbons (Fsp3) is 0.105. The van der Waals surface area contributed by atoms with Gasteiger partial charge in [0.15, 0.2) is 10.8 Å². The molecule has 0 aliphatic carbocycles. The second-order valence-electron chi connectivity index (χ2n) is 5.68. The minimum Gasteiger partial charge on any atom is -0.461 e. The number of sulfonamides is 1. The zero-order chi connectivity index (χ0) is 20.9. The van der Waals surface area contributed by atoms with Crippen molar-refractivity contribution in [2.45, 2.75) is 11.8 Å². The number of para-hydroxylation sites is 1. The predicted octanol–water partition coefficient (Wildman–Crippen LogP) is 3.37. The van der Waals surface area contributed by atoms with Crippen molar-refractivity contribution in [1.82, 2.24) is 4.98 Å². The predicted molar refractivity (Wildman–Crippen MR) is 110 cm³/mol. The van der Waals surface area contributed by atoms with E-state index in [9.17, 15) is 18.0 Å². The molecule has 0 radical (unpaired) electrons.